The van der Waals surface area contributed by atoms with Crippen LogP contribution >= 0.6 is 11.8 Å². The lowest BCUT2D eigenvalue weighted by Crippen LogP contribution is -2.20. The van der Waals surface area contributed by atoms with Crippen LogP contribution in [-0.4, -0.2) is 42.6 Å². The van der Waals surface area contributed by atoms with E-state index in [1.807, 2.05) is 11.8 Å². The molecule has 0 fully saturated rings. The summed E-state index contributed by atoms with van der Waals surface area (Å²) in [6.45, 7) is 2.09. The van der Waals surface area contributed by atoms with E-state index in [1.165, 1.54) is 0 Å². The number of nitrogens with two attached hydrogens (primary N) is 1. The Morgan fingerprint density at radius 1 is 1.35 bits per heavy atom. The number of nitrogen functional groups attached to an aromatic ring is 1. The molecule has 0 aliphatic carbocycles. The molecule has 0 amide bonds. The monoisotopic (exact) mass is 294 g/mol. The van der Waals surface area contributed by atoms with Crippen molar-refractivity contribution in [1.82, 2.24) is 24.5 Å². The van der Waals surface area contributed by atoms with E-state index in [0.29, 0.717) is 17.8 Å². The Bertz CT molecular complexity index is 529. The first kappa shape index (κ1) is 14.5. The molecule has 4 N–H and O–H groups in total. The van der Waals surface area contributed by atoms with Gasteiger partial charge in [-0.2, -0.15) is 26.7 Å². The van der Waals surface area contributed by atoms with Crippen LogP contribution in [0.3, 0.4) is 0 Å². The van der Waals surface area contributed by atoms with Gasteiger partial charge in [-0.1, -0.05) is 0 Å². The second-order valence-corrected chi connectivity index (χ2v) is 5.21. The van der Waals surface area contributed by atoms with Crippen molar-refractivity contribution in [2.45, 2.75) is 19.4 Å². The molecule has 20 heavy (non-hydrogen) atoms. The first-order chi connectivity index (χ1) is 9.72. The van der Waals surface area contributed by atoms with Crippen LogP contribution in [-0.2, 0) is 0 Å². The van der Waals surface area contributed by atoms with E-state index in [-0.39, 0.29) is 6.04 Å². The average molecular weight is 294 g/mol. The minimum absolute atomic E-state index is 0.270. The van der Waals surface area contributed by atoms with Crippen LogP contribution in [0.15, 0.2) is 18.7 Å². The highest BCUT2D eigenvalue weighted by atomic mass is 32.2. The Morgan fingerprint density at radius 2 is 2.15 bits per heavy atom. The topological polar surface area (TPSA) is 107 Å². The lowest BCUT2D eigenvalue weighted by Gasteiger charge is -2.14. The van der Waals surface area contributed by atoms with E-state index in [1.54, 1.807) is 23.3 Å². The van der Waals surface area contributed by atoms with Gasteiger partial charge in [0.15, 0.2) is 0 Å². The highest BCUT2D eigenvalue weighted by Crippen LogP contribution is 2.11. The fourth-order valence-electron chi connectivity index (χ4n) is 1.57. The van der Waals surface area contributed by atoms with Crippen LogP contribution in [0.5, 0.6) is 0 Å². The van der Waals surface area contributed by atoms with Crippen molar-refractivity contribution >= 4 is 23.7 Å². The van der Waals surface area contributed by atoms with Gasteiger partial charge in [0.25, 0.3) is 0 Å². The van der Waals surface area contributed by atoms with E-state index in [4.69, 9.17) is 5.84 Å². The second-order valence-electron chi connectivity index (χ2n) is 4.22. The Labute approximate surface area is 121 Å². The smallest absolute Gasteiger partial charge is 0.243 e. The van der Waals surface area contributed by atoms with Gasteiger partial charge >= 0.3 is 0 Å². The van der Waals surface area contributed by atoms with Gasteiger partial charge in [0, 0.05) is 18.4 Å². The van der Waals surface area contributed by atoms with Gasteiger partial charge in [0.05, 0.1) is 0 Å². The van der Waals surface area contributed by atoms with Crippen LogP contribution in [0.1, 0.15) is 13.3 Å². The van der Waals surface area contributed by atoms with Gasteiger partial charge in [0.2, 0.25) is 17.8 Å². The molecule has 2 heterocycles. The molecule has 8 nitrogen and oxygen atoms in total. The summed E-state index contributed by atoms with van der Waals surface area (Å²) in [6.07, 6.45) is 8.16. The van der Waals surface area contributed by atoms with Crippen molar-refractivity contribution in [3.63, 3.8) is 0 Å². The Balaban J connectivity index is 2.18. The molecule has 0 aromatic carbocycles. The maximum atomic E-state index is 5.39. The van der Waals surface area contributed by atoms with Crippen LogP contribution in [0, 0.1) is 0 Å². The maximum absolute atomic E-state index is 5.39. The zero-order valence-electron chi connectivity index (χ0n) is 11.4. The SMILES string of the molecule is CSCCC(C)Nc1nc(NN)nc(-n2ccnc2)n1. The molecule has 0 aliphatic heterocycles. The number of aromatic nitrogens is 5. The molecule has 9 heteroatoms. The summed E-state index contributed by atoms with van der Waals surface area (Å²) in [5, 5.41) is 3.25. The average Bonchev–Trinajstić information content (AvgIpc) is 2.99. The highest BCUT2D eigenvalue weighted by molar-refractivity contribution is 7.98. The quantitative estimate of drug-likeness (QED) is 0.511. The molecule has 0 radical (unpaired) electrons. The summed E-state index contributed by atoms with van der Waals surface area (Å²) >= 11 is 1.81. The molecule has 0 saturated heterocycles. The highest BCUT2D eigenvalue weighted by Gasteiger charge is 2.09. The molecule has 2 aromatic rings. The molecule has 108 valence electrons. The second kappa shape index (κ2) is 7.06. The predicted octanol–water partition coefficient (Wildman–Crippen LogP) is 0.896. The number of rotatable bonds is 7. The third-order valence-electron chi connectivity index (χ3n) is 2.62. The lowest BCUT2D eigenvalue weighted by atomic mass is 10.3. The minimum Gasteiger partial charge on any atom is -0.352 e. The summed E-state index contributed by atoms with van der Waals surface area (Å²) in [4.78, 5) is 16.7. The normalized spacial score (nSPS) is 12.2. The molecular weight excluding hydrogens is 276 g/mol. The third-order valence-corrected chi connectivity index (χ3v) is 3.26. The maximum Gasteiger partial charge on any atom is 0.243 e. The standard InChI is InChI=1S/C11H18N8S/c1-8(3-6-20-2)14-9-15-10(18-12)17-11(16-9)19-5-4-13-7-19/h4-5,7-8H,3,6,12H2,1-2H3,(H2,14,15,16,17,18). The fourth-order valence-corrected chi connectivity index (χ4v) is 2.16. The lowest BCUT2D eigenvalue weighted by molar-refractivity contribution is 0.754. The Morgan fingerprint density at radius 3 is 2.80 bits per heavy atom. The zero-order chi connectivity index (χ0) is 14.4. The Hall–Kier alpha value is -1.87. The van der Waals surface area contributed by atoms with Gasteiger partial charge in [-0.05, 0) is 25.4 Å². The molecule has 0 spiro atoms. The first-order valence-corrected chi connectivity index (χ1v) is 7.59. The fraction of sp³-hybridized carbons (Fsp3) is 0.455. The van der Waals surface area contributed by atoms with E-state index >= 15 is 0 Å². The number of nitrogens with one attached hydrogen (secondary N) is 2. The summed E-state index contributed by atoms with van der Waals surface area (Å²) in [5.74, 6) is 7.73. The molecule has 1 atom stereocenters. The number of imidazole rings is 1. The van der Waals surface area contributed by atoms with Crippen molar-refractivity contribution < 1.29 is 0 Å². The van der Waals surface area contributed by atoms with E-state index in [2.05, 4.69) is 43.9 Å². The van der Waals surface area contributed by atoms with Crippen LogP contribution in [0.2, 0.25) is 0 Å². The number of thioether (sulfide) groups is 1. The van der Waals surface area contributed by atoms with Gasteiger partial charge in [-0.3, -0.25) is 9.99 Å². The van der Waals surface area contributed by atoms with Crippen molar-refractivity contribution in [2.75, 3.05) is 22.8 Å². The molecule has 0 aliphatic rings. The van der Waals surface area contributed by atoms with Crippen LogP contribution < -0.4 is 16.6 Å². The molecular formula is C11H18N8S. The van der Waals surface area contributed by atoms with E-state index in [9.17, 15) is 0 Å². The first-order valence-electron chi connectivity index (χ1n) is 6.19. The minimum atomic E-state index is 0.270. The van der Waals surface area contributed by atoms with Crippen LogP contribution in [0.4, 0.5) is 11.9 Å². The largest absolute Gasteiger partial charge is 0.352 e. The summed E-state index contributed by atoms with van der Waals surface area (Å²) in [5.41, 5.74) is 2.45. The summed E-state index contributed by atoms with van der Waals surface area (Å²) in [6, 6.07) is 0.270. The predicted molar refractivity (Wildman–Crippen MR) is 80.8 cm³/mol. The summed E-state index contributed by atoms with van der Waals surface area (Å²) < 4.78 is 1.69. The molecule has 0 saturated carbocycles. The van der Waals surface area contributed by atoms with Crippen molar-refractivity contribution in [3.05, 3.63) is 18.7 Å². The van der Waals surface area contributed by atoms with Gasteiger partial charge in [-0.15, -0.1) is 0 Å². The molecule has 0 bridgehead atoms. The van der Waals surface area contributed by atoms with E-state index < -0.39 is 0 Å². The van der Waals surface area contributed by atoms with Crippen molar-refractivity contribution in [3.8, 4) is 5.95 Å². The Kier molecular flexibility index (Phi) is 5.13. The zero-order valence-corrected chi connectivity index (χ0v) is 12.3. The summed E-state index contributed by atoms with van der Waals surface area (Å²) in [7, 11) is 0. The van der Waals surface area contributed by atoms with Crippen LogP contribution in [0.25, 0.3) is 5.95 Å². The molecule has 2 aromatic heterocycles. The van der Waals surface area contributed by atoms with Crippen molar-refractivity contribution in [1.29, 1.82) is 0 Å². The van der Waals surface area contributed by atoms with Gasteiger partial charge < -0.3 is 5.32 Å². The molecule has 2 rings (SSSR count). The number of anilines is 2. The van der Waals surface area contributed by atoms with Gasteiger partial charge in [0.1, 0.15) is 6.33 Å². The van der Waals surface area contributed by atoms with E-state index in [0.717, 1.165) is 12.2 Å². The third kappa shape index (κ3) is 3.81. The van der Waals surface area contributed by atoms with Crippen molar-refractivity contribution in [2.24, 2.45) is 5.84 Å². The molecule has 1 unspecified atom stereocenters. The number of hydrogen-bond acceptors (Lipinski definition) is 8. The number of hydrogen-bond donors (Lipinski definition) is 3. The number of hydrazine groups is 1. The number of nitrogens with zero attached hydrogens (tertiary/aromatic N) is 5. The van der Waals surface area contributed by atoms with Gasteiger partial charge in [-0.25, -0.2) is 10.8 Å².